The van der Waals surface area contributed by atoms with E-state index in [1.54, 1.807) is 6.20 Å². The Labute approximate surface area is 128 Å². The number of alkyl halides is 3. The largest absolute Gasteiger partial charge is 0.411 e. The molecule has 0 unspecified atom stereocenters. The summed E-state index contributed by atoms with van der Waals surface area (Å²) in [5.74, 6) is -0.250. The summed E-state index contributed by atoms with van der Waals surface area (Å²) in [4.78, 5) is 16.2. The first kappa shape index (κ1) is 18.4. The highest BCUT2D eigenvalue weighted by atomic mass is 19.4. The van der Waals surface area contributed by atoms with Gasteiger partial charge in [0, 0.05) is 12.6 Å². The van der Waals surface area contributed by atoms with Crippen LogP contribution in [-0.4, -0.2) is 30.3 Å². The molecule has 0 spiro atoms. The van der Waals surface area contributed by atoms with E-state index in [-0.39, 0.29) is 30.9 Å². The van der Waals surface area contributed by atoms with Crippen LogP contribution >= 0.6 is 0 Å². The first-order valence-electron chi connectivity index (χ1n) is 7.06. The minimum absolute atomic E-state index is 0.105. The molecule has 1 N–H and O–H groups in total. The fourth-order valence-corrected chi connectivity index (χ4v) is 1.97. The summed E-state index contributed by atoms with van der Waals surface area (Å²) in [6.45, 7) is 4.18. The molecule has 1 aromatic rings. The van der Waals surface area contributed by atoms with Gasteiger partial charge in [-0.15, -0.1) is 0 Å². The van der Waals surface area contributed by atoms with E-state index in [0.717, 1.165) is 11.3 Å². The standard InChI is InChI=1S/C15H21F3N2O2/c1-10(2)13(14-11(3)5-4-7-19-14)20-12(21)6-8-22-9-15(16,17)18/h4-5,7,10,13H,6,8-9H2,1-3H3,(H,20,21)/t13-/m1/s1. The average molecular weight is 318 g/mol. The molecule has 0 saturated carbocycles. The van der Waals surface area contributed by atoms with Gasteiger partial charge in [0.2, 0.25) is 5.91 Å². The molecule has 0 aliphatic carbocycles. The van der Waals surface area contributed by atoms with E-state index in [4.69, 9.17) is 0 Å². The van der Waals surface area contributed by atoms with E-state index in [0.29, 0.717) is 0 Å². The normalized spacial score (nSPS) is 13.2. The Kier molecular flexibility index (Phi) is 6.80. The van der Waals surface area contributed by atoms with E-state index >= 15 is 0 Å². The minimum atomic E-state index is -4.37. The topological polar surface area (TPSA) is 51.2 Å². The van der Waals surface area contributed by atoms with Crippen molar-refractivity contribution in [2.45, 2.75) is 39.4 Å². The zero-order valence-electron chi connectivity index (χ0n) is 12.9. The number of hydrogen-bond donors (Lipinski definition) is 1. The number of pyridine rings is 1. The maximum absolute atomic E-state index is 11.9. The van der Waals surface area contributed by atoms with Crippen molar-refractivity contribution in [2.75, 3.05) is 13.2 Å². The van der Waals surface area contributed by atoms with E-state index in [2.05, 4.69) is 15.0 Å². The van der Waals surface area contributed by atoms with Crippen molar-refractivity contribution in [3.8, 4) is 0 Å². The van der Waals surface area contributed by atoms with Crippen molar-refractivity contribution in [1.82, 2.24) is 10.3 Å². The number of aromatic nitrogens is 1. The lowest BCUT2D eigenvalue weighted by molar-refractivity contribution is -0.174. The van der Waals surface area contributed by atoms with Gasteiger partial charge in [-0.25, -0.2) is 0 Å². The van der Waals surface area contributed by atoms with Crippen molar-refractivity contribution < 1.29 is 22.7 Å². The van der Waals surface area contributed by atoms with Gasteiger partial charge in [0.05, 0.1) is 18.3 Å². The Balaban J connectivity index is 2.54. The zero-order valence-corrected chi connectivity index (χ0v) is 12.9. The third-order valence-electron chi connectivity index (χ3n) is 3.07. The lowest BCUT2D eigenvalue weighted by atomic mass is 9.97. The van der Waals surface area contributed by atoms with Crippen LogP contribution in [0.5, 0.6) is 0 Å². The number of aryl methyl sites for hydroxylation is 1. The summed E-state index contributed by atoms with van der Waals surface area (Å²) < 4.78 is 40.2. The van der Waals surface area contributed by atoms with Gasteiger partial charge < -0.3 is 10.1 Å². The van der Waals surface area contributed by atoms with Gasteiger partial charge in [-0.3, -0.25) is 9.78 Å². The van der Waals surface area contributed by atoms with Crippen LogP contribution in [0, 0.1) is 12.8 Å². The number of carbonyl (C=O) groups excluding carboxylic acids is 1. The first-order valence-corrected chi connectivity index (χ1v) is 7.06. The quantitative estimate of drug-likeness (QED) is 0.786. The van der Waals surface area contributed by atoms with Crippen molar-refractivity contribution in [2.24, 2.45) is 5.92 Å². The highest BCUT2D eigenvalue weighted by Gasteiger charge is 2.27. The summed E-state index contributed by atoms with van der Waals surface area (Å²) in [7, 11) is 0. The molecule has 0 aliphatic rings. The lowest BCUT2D eigenvalue weighted by Crippen LogP contribution is -2.33. The molecule has 4 nitrogen and oxygen atoms in total. The van der Waals surface area contributed by atoms with E-state index < -0.39 is 12.8 Å². The molecule has 0 radical (unpaired) electrons. The average Bonchev–Trinajstić information content (AvgIpc) is 2.41. The monoisotopic (exact) mass is 318 g/mol. The summed E-state index contributed by atoms with van der Waals surface area (Å²) in [6, 6.07) is 3.43. The number of halogens is 3. The molecule has 1 amide bonds. The predicted octanol–water partition coefficient (Wildman–Crippen LogP) is 3.17. The number of nitrogens with one attached hydrogen (secondary N) is 1. The van der Waals surface area contributed by atoms with Crippen LogP contribution in [0.1, 0.15) is 37.6 Å². The molecule has 1 atom stereocenters. The van der Waals surface area contributed by atoms with Crippen molar-refractivity contribution >= 4 is 5.91 Å². The zero-order chi connectivity index (χ0) is 16.8. The highest BCUT2D eigenvalue weighted by molar-refractivity contribution is 5.76. The number of hydrogen-bond acceptors (Lipinski definition) is 3. The summed E-state index contributed by atoms with van der Waals surface area (Å²) in [6.07, 6.45) is -2.84. The minimum Gasteiger partial charge on any atom is -0.372 e. The molecule has 22 heavy (non-hydrogen) atoms. The van der Waals surface area contributed by atoms with E-state index in [1.165, 1.54) is 0 Å². The van der Waals surface area contributed by atoms with E-state index in [9.17, 15) is 18.0 Å². The molecule has 0 aromatic carbocycles. The van der Waals surface area contributed by atoms with Gasteiger partial charge >= 0.3 is 6.18 Å². The Hall–Kier alpha value is -1.63. The summed E-state index contributed by atoms with van der Waals surface area (Å²) >= 11 is 0. The fourth-order valence-electron chi connectivity index (χ4n) is 1.97. The second kappa shape index (κ2) is 8.12. The van der Waals surface area contributed by atoms with Crippen LogP contribution in [0.15, 0.2) is 18.3 Å². The Morgan fingerprint density at radius 3 is 2.64 bits per heavy atom. The van der Waals surface area contributed by atoms with Crippen LogP contribution in [0.25, 0.3) is 0 Å². The Morgan fingerprint density at radius 1 is 1.41 bits per heavy atom. The van der Waals surface area contributed by atoms with Crippen LogP contribution in [0.2, 0.25) is 0 Å². The first-order chi connectivity index (χ1) is 10.2. The van der Waals surface area contributed by atoms with Gasteiger partial charge in [-0.2, -0.15) is 13.2 Å². The fraction of sp³-hybridized carbons (Fsp3) is 0.600. The van der Waals surface area contributed by atoms with Crippen molar-refractivity contribution in [1.29, 1.82) is 0 Å². The molecule has 1 aromatic heterocycles. The van der Waals surface area contributed by atoms with Crippen LogP contribution in [0.3, 0.4) is 0 Å². The second-order valence-corrected chi connectivity index (χ2v) is 5.41. The molecule has 124 valence electrons. The molecule has 7 heteroatoms. The smallest absolute Gasteiger partial charge is 0.372 e. The van der Waals surface area contributed by atoms with Gasteiger partial charge in [0.25, 0.3) is 0 Å². The lowest BCUT2D eigenvalue weighted by Gasteiger charge is -2.23. The molecular weight excluding hydrogens is 297 g/mol. The van der Waals surface area contributed by atoms with Crippen molar-refractivity contribution in [3.63, 3.8) is 0 Å². The maximum Gasteiger partial charge on any atom is 0.411 e. The van der Waals surface area contributed by atoms with Crippen LogP contribution < -0.4 is 5.32 Å². The molecule has 1 rings (SSSR count). The van der Waals surface area contributed by atoms with Gasteiger partial charge in [0.1, 0.15) is 6.61 Å². The molecule has 0 saturated heterocycles. The molecule has 1 heterocycles. The summed E-state index contributed by atoms with van der Waals surface area (Å²) in [5, 5.41) is 2.81. The number of amides is 1. The number of carbonyl (C=O) groups is 1. The Bertz CT molecular complexity index is 490. The SMILES string of the molecule is Cc1cccnc1[C@H](NC(=O)CCOCC(F)(F)F)C(C)C. The summed E-state index contributed by atoms with van der Waals surface area (Å²) in [5.41, 5.74) is 1.72. The predicted molar refractivity (Wildman–Crippen MR) is 76.2 cm³/mol. The molecular formula is C15H21F3N2O2. The number of ether oxygens (including phenoxy) is 1. The van der Waals surface area contributed by atoms with Gasteiger partial charge in [-0.05, 0) is 24.5 Å². The molecule has 0 aliphatic heterocycles. The highest BCUT2D eigenvalue weighted by Crippen LogP contribution is 2.22. The van der Waals surface area contributed by atoms with Gasteiger partial charge in [-0.1, -0.05) is 19.9 Å². The third kappa shape index (κ3) is 6.43. The van der Waals surface area contributed by atoms with Gasteiger partial charge in [0.15, 0.2) is 0 Å². The number of rotatable bonds is 7. The Morgan fingerprint density at radius 2 is 2.09 bits per heavy atom. The van der Waals surface area contributed by atoms with Crippen LogP contribution in [0.4, 0.5) is 13.2 Å². The maximum atomic E-state index is 11.9. The van der Waals surface area contributed by atoms with Crippen LogP contribution in [-0.2, 0) is 9.53 Å². The van der Waals surface area contributed by atoms with E-state index in [1.807, 2.05) is 32.9 Å². The third-order valence-corrected chi connectivity index (χ3v) is 3.07. The number of nitrogens with zero attached hydrogens (tertiary/aromatic N) is 1. The second-order valence-electron chi connectivity index (χ2n) is 5.41. The van der Waals surface area contributed by atoms with Crippen molar-refractivity contribution in [3.05, 3.63) is 29.6 Å². The molecule has 0 bridgehead atoms. The molecule has 0 fully saturated rings.